The summed E-state index contributed by atoms with van der Waals surface area (Å²) in [5, 5.41) is 8.84. The lowest BCUT2D eigenvalue weighted by molar-refractivity contribution is 0.669. The molecular weight excluding hydrogens is 196 g/mol. The van der Waals surface area contributed by atoms with Gasteiger partial charge in [0.15, 0.2) is 0 Å². The molecule has 16 heavy (non-hydrogen) atoms. The van der Waals surface area contributed by atoms with Crippen LogP contribution in [0.25, 0.3) is 0 Å². The quantitative estimate of drug-likeness (QED) is 0.770. The van der Waals surface area contributed by atoms with Crippen LogP contribution in [0.4, 0.5) is 5.69 Å². The van der Waals surface area contributed by atoms with Gasteiger partial charge >= 0.3 is 0 Å². The topological polar surface area (TPSA) is 27.0 Å². The lowest BCUT2D eigenvalue weighted by Gasteiger charge is -2.30. The smallest absolute Gasteiger partial charge is 0.0991 e. The first kappa shape index (κ1) is 12.6. The zero-order valence-electron chi connectivity index (χ0n) is 10.6. The van der Waals surface area contributed by atoms with E-state index in [9.17, 15) is 0 Å². The van der Waals surface area contributed by atoms with Crippen LogP contribution in [-0.4, -0.2) is 12.6 Å². The average Bonchev–Trinajstić information content (AvgIpc) is 2.26. The minimum atomic E-state index is 0.492. The molecule has 0 heterocycles. The van der Waals surface area contributed by atoms with Gasteiger partial charge in [-0.25, -0.2) is 0 Å². The molecule has 0 unspecified atom stereocenters. The Labute approximate surface area is 98.5 Å². The van der Waals surface area contributed by atoms with Crippen LogP contribution in [0.1, 0.15) is 38.3 Å². The highest BCUT2D eigenvalue weighted by atomic mass is 15.1. The van der Waals surface area contributed by atoms with Gasteiger partial charge in [0, 0.05) is 18.3 Å². The van der Waals surface area contributed by atoms with Crippen LogP contribution >= 0.6 is 0 Å². The molecule has 0 aliphatic carbocycles. The monoisotopic (exact) mass is 216 g/mol. The van der Waals surface area contributed by atoms with E-state index in [1.54, 1.807) is 0 Å². The van der Waals surface area contributed by atoms with Crippen LogP contribution in [0.3, 0.4) is 0 Å². The van der Waals surface area contributed by atoms with E-state index in [0.717, 1.165) is 18.5 Å². The molecule has 0 fully saturated rings. The van der Waals surface area contributed by atoms with Crippen molar-refractivity contribution < 1.29 is 0 Å². The van der Waals surface area contributed by atoms with Crippen molar-refractivity contribution in [3.63, 3.8) is 0 Å². The number of nitrogens with zero attached hydrogens (tertiary/aromatic N) is 2. The standard InChI is InChI=1S/C14H20N2/c1-5-8-16(11(2)3)14-7-6-13(10-15)9-12(14)4/h6-7,9,11H,5,8H2,1-4H3. The van der Waals surface area contributed by atoms with Crippen molar-refractivity contribution in [2.75, 3.05) is 11.4 Å². The minimum absolute atomic E-state index is 0.492. The molecular formula is C14H20N2. The zero-order chi connectivity index (χ0) is 12.1. The van der Waals surface area contributed by atoms with Crippen molar-refractivity contribution in [1.82, 2.24) is 0 Å². The van der Waals surface area contributed by atoms with Crippen molar-refractivity contribution in [2.24, 2.45) is 0 Å². The van der Waals surface area contributed by atoms with Gasteiger partial charge in [0.1, 0.15) is 0 Å². The first-order chi connectivity index (χ1) is 7.60. The predicted octanol–water partition coefficient (Wildman–Crippen LogP) is 3.49. The first-order valence-electron chi connectivity index (χ1n) is 5.87. The lowest BCUT2D eigenvalue weighted by atomic mass is 10.1. The molecule has 0 atom stereocenters. The normalized spacial score (nSPS) is 10.2. The fraction of sp³-hybridized carbons (Fsp3) is 0.500. The van der Waals surface area contributed by atoms with Crippen LogP contribution in [0.5, 0.6) is 0 Å². The number of nitriles is 1. The Morgan fingerprint density at radius 1 is 1.38 bits per heavy atom. The molecule has 0 bridgehead atoms. The van der Waals surface area contributed by atoms with Gasteiger partial charge in [0.25, 0.3) is 0 Å². The number of rotatable bonds is 4. The van der Waals surface area contributed by atoms with Gasteiger partial charge < -0.3 is 4.90 Å². The van der Waals surface area contributed by atoms with Crippen molar-refractivity contribution in [1.29, 1.82) is 5.26 Å². The molecule has 2 nitrogen and oxygen atoms in total. The molecule has 0 spiro atoms. The van der Waals surface area contributed by atoms with Crippen LogP contribution in [0.2, 0.25) is 0 Å². The van der Waals surface area contributed by atoms with Gasteiger partial charge in [-0.15, -0.1) is 0 Å². The molecule has 1 rings (SSSR count). The Balaban J connectivity index is 3.06. The highest BCUT2D eigenvalue weighted by Crippen LogP contribution is 2.23. The fourth-order valence-electron chi connectivity index (χ4n) is 1.94. The second kappa shape index (κ2) is 5.55. The van der Waals surface area contributed by atoms with Gasteiger partial charge in [-0.1, -0.05) is 6.92 Å². The molecule has 0 N–H and O–H groups in total. The third kappa shape index (κ3) is 2.76. The summed E-state index contributed by atoms with van der Waals surface area (Å²) >= 11 is 0. The summed E-state index contributed by atoms with van der Waals surface area (Å²) in [6.07, 6.45) is 1.14. The van der Waals surface area contributed by atoms with Crippen LogP contribution < -0.4 is 4.90 Å². The summed E-state index contributed by atoms with van der Waals surface area (Å²) < 4.78 is 0. The molecule has 0 aromatic heterocycles. The minimum Gasteiger partial charge on any atom is -0.369 e. The van der Waals surface area contributed by atoms with E-state index >= 15 is 0 Å². The van der Waals surface area contributed by atoms with Crippen LogP contribution in [0.15, 0.2) is 18.2 Å². The third-order valence-corrected chi connectivity index (χ3v) is 2.72. The Kier molecular flexibility index (Phi) is 4.37. The van der Waals surface area contributed by atoms with E-state index in [4.69, 9.17) is 5.26 Å². The van der Waals surface area contributed by atoms with Gasteiger partial charge in [0.2, 0.25) is 0 Å². The molecule has 0 amide bonds. The molecule has 1 aromatic carbocycles. The van der Waals surface area contributed by atoms with Gasteiger partial charge in [-0.3, -0.25) is 0 Å². The largest absolute Gasteiger partial charge is 0.369 e. The highest BCUT2D eigenvalue weighted by Gasteiger charge is 2.11. The summed E-state index contributed by atoms with van der Waals surface area (Å²) in [7, 11) is 0. The first-order valence-corrected chi connectivity index (χ1v) is 5.87. The summed E-state index contributed by atoms with van der Waals surface area (Å²) in [6, 6.07) is 8.58. The van der Waals surface area contributed by atoms with E-state index < -0.39 is 0 Å². The van der Waals surface area contributed by atoms with E-state index in [0.29, 0.717) is 6.04 Å². The molecule has 2 heteroatoms. The average molecular weight is 216 g/mol. The second-order valence-corrected chi connectivity index (χ2v) is 4.40. The maximum Gasteiger partial charge on any atom is 0.0991 e. The predicted molar refractivity (Wildman–Crippen MR) is 68.7 cm³/mol. The summed E-state index contributed by atoms with van der Waals surface area (Å²) in [5.41, 5.74) is 3.17. The van der Waals surface area contributed by atoms with E-state index in [1.165, 1.54) is 11.3 Å². The van der Waals surface area contributed by atoms with E-state index in [-0.39, 0.29) is 0 Å². The Hall–Kier alpha value is -1.49. The van der Waals surface area contributed by atoms with Crippen LogP contribution in [0, 0.1) is 18.3 Å². The highest BCUT2D eigenvalue weighted by molar-refractivity contribution is 5.56. The molecule has 0 radical (unpaired) electrons. The SMILES string of the molecule is CCCN(c1ccc(C#N)cc1C)C(C)C. The number of hydrogen-bond acceptors (Lipinski definition) is 2. The van der Waals surface area contributed by atoms with Gasteiger partial charge in [-0.05, 0) is 51.0 Å². The summed E-state index contributed by atoms with van der Waals surface area (Å²) in [4.78, 5) is 2.39. The Bertz CT molecular complexity index is 388. The van der Waals surface area contributed by atoms with E-state index in [1.807, 2.05) is 12.1 Å². The van der Waals surface area contributed by atoms with Crippen LogP contribution in [-0.2, 0) is 0 Å². The molecule has 86 valence electrons. The van der Waals surface area contributed by atoms with Gasteiger partial charge in [0.05, 0.1) is 11.6 Å². The van der Waals surface area contributed by atoms with Crippen molar-refractivity contribution >= 4 is 5.69 Å². The Morgan fingerprint density at radius 3 is 2.50 bits per heavy atom. The second-order valence-electron chi connectivity index (χ2n) is 4.40. The summed E-state index contributed by atoms with van der Waals surface area (Å²) in [5.74, 6) is 0. The van der Waals surface area contributed by atoms with Gasteiger partial charge in [-0.2, -0.15) is 5.26 Å². The molecule has 0 aliphatic heterocycles. The zero-order valence-corrected chi connectivity index (χ0v) is 10.6. The maximum atomic E-state index is 8.84. The number of anilines is 1. The fourth-order valence-corrected chi connectivity index (χ4v) is 1.94. The van der Waals surface area contributed by atoms with Crippen molar-refractivity contribution in [3.05, 3.63) is 29.3 Å². The maximum absolute atomic E-state index is 8.84. The number of hydrogen-bond donors (Lipinski definition) is 0. The third-order valence-electron chi connectivity index (χ3n) is 2.72. The molecule has 0 saturated carbocycles. The number of aryl methyl sites for hydroxylation is 1. The van der Waals surface area contributed by atoms with E-state index in [2.05, 4.69) is 44.7 Å². The molecule has 0 aliphatic rings. The lowest BCUT2D eigenvalue weighted by Crippen LogP contribution is -2.32. The van der Waals surface area contributed by atoms with Crippen molar-refractivity contribution in [2.45, 2.75) is 40.2 Å². The number of benzene rings is 1. The Morgan fingerprint density at radius 2 is 2.06 bits per heavy atom. The molecule has 1 aromatic rings. The summed E-state index contributed by atoms with van der Waals surface area (Å²) in [6.45, 7) is 9.72. The molecule has 0 saturated heterocycles. The van der Waals surface area contributed by atoms with Crippen molar-refractivity contribution in [3.8, 4) is 6.07 Å².